The number of para-hydroxylation sites is 1. The smallest absolute Gasteiger partial charge is 0.290 e. The van der Waals surface area contributed by atoms with E-state index in [1.165, 1.54) is 17.2 Å². The van der Waals surface area contributed by atoms with Crippen molar-refractivity contribution in [2.45, 2.75) is 32.9 Å². The predicted molar refractivity (Wildman–Crippen MR) is 94.2 cm³/mol. The zero-order valence-electron chi connectivity index (χ0n) is 14.7. The van der Waals surface area contributed by atoms with E-state index >= 15 is 0 Å². The van der Waals surface area contributed by atoms with Crippen LogP contribution in [-0.2, 0) is 16.1 Å². The third kappa shape index (κ3) is 3.22. The van der Waals surface area contributed by atoms with E-state index in [0.29, 0.717) is 11.3 Å². The highest BCUT2D eigenvalue weighted by Crippen LogP contribution is 2.42. The molecule has 6 nitrogen and oxygen atoms in total. The average molecular weight is 355 g/mol. The van der Waals surface area contributed by atoms with Crippen LogP contribution in [-0.4, -0.2) is 26.8 Å². The van der Waals surface area contributed by atoms with E-state index in [1.54, 1.807) is 30.3 Å². The molecular formula is C20H21NO5. The van der Waals surface area contributed by atoms with Gasteiger partial charge in [0, 0.05) is 12.0 Å². The van der Waals surface area contributed by atoms with Gasteiger partial charge in [0.2, 0.25) is 0 Å². The molecule has 1 unspecified atom stereocenters. The summed E-state index contributed by atoms with van der Waals surface area (Å²) in [5.41, 5.74) is 0.417. The molecule has 1 aromatic heterocycles. The van der Waals surface area contributed by atoms with Gasteiger partial charge in [-0.3, -0.25) is 9.59 Å². The number of amides is 1. The minimum absolute atomic E-state index is 0.0248. The summed E-state index contributed by atoms with van der Waals surface area (Å²) >= 11 is 0. The molecule has 1 amide bonds. The Balaban J connectivity index is 2.07. The molecule has 2 aromatic rings. The number of aliphatic hydroxyl groups is 1. The molecule has 6 heteroatoms. The lowest BCUT2D eigenvalue weighted by Gasteiger charge is -2.26. The lowest BCUT2D eigenvalue weighted by atomic mass is 9.91. The first-order chi connectivity index (χ1) is 12.4. The van der Waals surface area contributed by atoms with Gasteiger partial charge in [-0.1, -0.05) is 32.0 Å². The fourth-order valence-electron chi connectivity index (χ4n) is 3.19. The van der Waals surface area contributed by atoms with Crippen molar-refractivity contribution in [1.82, 2.24) is 4.90 Å². The topological polar surface area (TPSA) is 91.0 Å². The van der Waals surface area contributed by atoms with Gasteiger partial charge < -0.3 is 19.5 Å². The maximum absolute atomic E-state index is 12.8. The minimum atomic E-state index is -0.861. The number of aromatic hydroxyl groups is 1. The van der Waals surface area contributed by atoms with Crippen LogP contribution in [0.2, 0.25) is 0 Å². The Kier molecular flexibility index (Phi) is 4.84. The van der Waals surface area contributed by atoms with E-state index < -0.39 is 17.7 Å². The lowest BCUT2D eigenvalue weighted by Crippen LogP contribution is -2.30. The summed E-state index contributed by atoms with van der Waals surface area (Å²) in [6, 6.07) is 9.05. The zero-order valence-corrected chi connectivity index (χ0v) is 14.7. The van der Waals surface area contributed by atoms with Gasteiger partial charge in [-0.15, -0.1) is 0 Å². The largest absolute Gasteiger partial charge is 0.508 e. The number of phenols is 1. The molecule has 1 aliphatic rings. The van der Waals surface area contributed by atoms with Crippen molar-refractivity contribution in [3.05, 3.63) is 65.3 Å². The van der Waals surface area contributed by atoms with Crippen LogP contribution in [0.1, 0.15) is 37.6 Å². The third-order valence-corrected chi connectivity index (χ3v) is 4.34. The monoisotopic (exact) mass is 355 g/mol. The van der Waals surface area contributed by atoms with Crippen molar-refractivity contribution in [3.63, 3.8) is 0 Å². The Bertz CT molecular complexity index is 851. The van der Waals surface area contributed by atoms with Gasteiger partial charge in [0.15, 0.2) is 11.5 Å². The molecular weight excluding hydrogens is 334 g/mol. The molecule has 0 saturated carbocycles. The zero-order chi connectivity index (χ0) is 18.8. The van der Waals surface area contributed by atoms with E-state index in [1.807, 2.05) is 13.8 Å². The standard InChI is InChI=1S/C20H21NO5/c1-12(2)10-16(23)17-18(14-7-3-4-8-15(14)22)21(20(25)19(17)24)11-13-6-5-9-26-13/h3-9,12,18,22,24H,10-11H2,1-2H3. The highest BCUT2D eigenvalue weighted by Gasteiger charge is 2.44. The van der Waals surface area contributed by atoms with Crippen molar-refractivity contribution < 1.29 is 24.2 Å². The normalized spacial score (nSPS) is 17.4. The molecule has 0 spiro atoms. The molecule has 2 N–H and O–H groups in total. The summed E-state index contributed by atoms with van der Waals surface area (Å²) < 4.78 is 5.31. The summed E-state index contributed by atoms with van der Waals surface area (Å²) in [6.45, 7) is 3.86. The fourth-order valence-corrected chi connectivity index (χ4v) is 3.19. The second-order valence-electron chi connectivity index (χ2n) is 6.76. The van der Waals surface area contributed by atoms with Crippen molar-refractivity contribution in [3.8, 4) is 5.75 Å². The Morgan fingerprint density at radius 2 is 1.92 bits per heavy atom. The molecule has 3 rings (SSSR count). The fraction of sp³-hybridized carbons (Fsp3) is 0.300. The van der Waals surface area contributed by atoms with Crippen molar-refractivity contribution in [1.29, 1.82) is 0 Å². The summed E-state index contributed by atoms with van der Waals surface area (Å²) in [7, 11) is 0. The Morgan fingerprint density at radius 1 is 1.19 bits per heavy atom. The van der Waals surface area contributed by atoms with Crippen molar-refractivity contribution >= 4 is 11.7 Å². The Morgan fingerprint density at radius 3 is 2.54 bits per heavy atom. The third-order valence-electron chi connectivity index (χ3n) is 4.34. The van der Waals surface area contributed by atoms with Crippen LogP contribution in [0.15, 0.2) is 58.4 Å². The van der Waals surface area contributed by atoms with Crippen LogP contribution in [0.4, 0.5) is 0 Å². The lowest BCUT2D eigenvalue weighted by molar-refractivity contribution is -0.130. The first-order valence-corrected chi connectivity index (χ1v) is 8.47. The first kappa shape index (κ1) is 17.8. The molecule has 0 bridgehead atoms. The average Bonchev–Trinajstić information content (AvgIpc) is 3.17. The number of aliphatic hydroxyl groups excluding tert-OH is 1. The van der Waals surface area contributed by atoms with Crippen LogP contribution < -0.4 is 0 Å². The number of hydrogen-bond acceptors (Lipinski definition) is 5. The van der Waals surface area contributed by atoms with Crippen molar-refractivity contribution in [2.75, 3.05) is 0 Å². The number of benzene rings is 1. The number of carbonyl (C=O) groups is 2. The van der Waals surface area contributed by atoms with E-state index in [2.05, 4.69) is 0 Å². The summed E-state index contributed by atoms with van der Waals surface area (Å²) in [5, 5.41) is 20.7. The highest BCUT2D eigenvalue weighted by atomic mass is 16.3. The summed E-state index contributed by atoms with van der Waals surface area (Å²) in [4.78, 5) is 26.8. The molecule has 1 aliphatic heterocycles. The second-order valence-corrected chi connectivity index (χ2v) is 6.76. The van der Waals surface area contributed by atoms with Gasteiger partial charge in [-0.05, 0) is 24.1 Å². The van der Waals surface area contributed by atoms with Crippen LogP contribution in [0.25, 0.3) is 0 Å². The van der Waals surface area contributed by atoms with Gasteiger partial charge in [-0.25, -0.2) is 0 Å². The molecule has 136 valence electrons. The summed E-state index contributed by atoms with van der Waals surface area (Å²) in [5.74, 6) is -0.969. The maximum atomic E-state index is 12.8. The molecule has 0 radical (unpaired) electrons. The first-order valence-electron chi connectivity index (χ1n) is 8.47. The number of hydrogen-bond donors (Lipinski definition) is 2. The second kappa shape index (κ2) is 7.07. The molecule has 1 aromatic carbocycles. The van der Waals surface area contributed by atoms with E-state index in [9.17, 15) is 19.8 Å². The van der Waals surface area contributed by atoms with Gasteiger partial charge in [-0.2, -0.15) is 0 Å². The van der Waals surface area contributed by atoms with E-state index in [4.69, 9.17) is 4.42 Å². The molecule has 0 aliphatic carbocycles. The minimum Gasteiger partial charge on any atom is -0.508 e. The molecule has 1 atom stereocenters. The number of ketones is 1. The number of Topliss-reactive ketones (excluding diaryl/α,β-unsaturated/α-hetero) is 1. The van der Waals surface area contributed by atoms with Gasteiger partial charge in [0.05, 0.1) is 24.4 Å². The Labute approximate surface area is 151 Å². The Hall–Kier alpha value is -3.02. The van der Waals surface area contributed by atoms with Crippen LogP contribution in [0.5, 0.6) is 5.75 Å². The number of nitrogens with zero attached hydrogens (tertiary/aromatic N) is 1. The summed E-state index contributed by atoms with van der Waals surface area (Å²) in [6.07, 6.45) is 1.69. The van der Waals surface area contributed by atoms with Gasteiger partial charge in [0.25, 0.3) is 5.91 Å². The SMILES string of the molecule is CC(C)CC(=O)C1=C(O)C(=O)N(Cc2ccco2)C1c1ccccc1O. The number of phenolic OH excluding ortho intramolecular Hbond substituents is 1. The van der Waals surface area contributed by atoms with Gasteiger partial charge >= 0.3 is 0 Å². The number of carbonyl (C=O) groups excluding carboxylic acids is 2. The van der Waals surface area contributed by atoms with Crippen LogP contribution >= 0.6 is 0 Å². The van der Waals surface area contributed by atoms with Crippen molar-refractivity contribution in [2.24, 2.45) is 5.92 Å². The quantitative estimate of drug-likeness (QED) is 0.828. The van der Waals surface area contributed by atoms with E-state index in [0.717, 1.165) is 0 Å². The predicted octanol–water partition coefficient (Wildman–Crippen LogP) is 3.50. The van der Waals surface area contributed by atoms with Gasteiger partial charge in [0.1, 0.15) is 11.5 Å². The number of rotatable bonds is 6. The number of furan rings is 1. The molecule has 2 heterocycles. The van der Waals surface area contributed by atoms with E-state index in [-0.39, 0.29) is 36.0 Å². The molecule has 0 saturated heterocycles. The van der Waals surface area contributed by atoms with Crippen LogP contribution in [0, 0.1) is 5.92 Å². The molecule has 0 fully saturated rings. The van der Waals surface area contributed by atoms with Crippen LogP contribution in [0.3, 0.4) is 0 Å². The highest BCUT2D eigenvalue weighted by molar-refractivity contribution is 6.09. The molecule has 26 heavy (non-hydrogen) atoms. The maximum Gasteiger partial charge on any atom is 0.290 e.